The molecule has 1 aliphatic rings. The summed E-state index contributed by atoms with van der Waals surface area (Å²) in [6, 6.07) is 7.26. The highest BCUT2D eigenvalue weighted by Gasteiger charge is 2.25. The number of hydrogen-bond donors (Lipinski definition) is 1. The number of benzene rings is 1. The maximum atomic E-state index is 14.4. The molecule has 2 heterocycles. The molecule has 3 rings (SSSR count). The van der Waals surface area contributed by atoms with Crippen molar-refractivity contribution in [3.8, 4) is 11.8 Å². The van der Waals surface area contributed by atoms with Crippen molar-refractivity contribution in [2.45, 2.75) is 39.5 Å². The number of nitrogens with zero attached hydrogens (tertiary/aromatic N) is 3. The van der Waals surface area contributed by atoms with Gasteiger partial charge < -0.3 is 14.8 Å². The predicted molar refractivity (Wildman–Crippen MR) is 114 cm³/mol. The van der Waals surface area contributed by atoms with Crippen molar-refractivity contribution in [1.29, 1.82) is 5.26 Å². The monoisotopic (exact) mass is 432 g/mol. The number of pyridine rings is 1. The van der Waals surface area contributed by atoms with Gasteiger partial charge in [-0.25, -0.2) is 9.37 Å². The summed E-state index contributed by atoms with van der Waals surface area (Å²) in [4.78, 5) is 6.60. The highest BCUT2D eigenvalue weighted by Crippen LogP contribution is 2.32. The smallest absolute Gasteiger partial charge is 0.165 e. The second-order valence-corrected chi connectivity index (χ2v) is 7.86. The zero-order valence-corrected chi connectivity index (χ0v) is 18.2. The van der Waals surface area contributed by atoms with Crippen molar-refractivity contribution in [2.75, 3.05) is 32.1 Å². The van der Waals surface area contributed by atoms with E-state index in [0.717, 1.165) is 23.2 Å². The number of methoxy groups -OCH3 is 1. The van der Waals surface area contributed by atoms with E-state index in [0.29, 0.717) is 44.0 Å². The Morgan fingerprint density at radius 3 is 2.83 bits per heavy atom. The van der Waals surface area contributed by atoms with Gasteiger partial charge in [-0.05, 0) is 43.5 Å². The number of halogens is 2. The Balaban J connectivity index is 1.80. The van der Waals surface area contributed by atoms with Crippen molar-refractivity contribution in [1.82, 2.24) is 9.88 Å². The van der Waals surface area contributed by atoms with E-state index in [1.807, 2.05) is 19.9 Å². The van der Waals surface area contributed by atoms with E-state index >= 15 is 0 Å². The normalized spacial score (nSPS) is 13.8. The first-order chi connectivity index (χ1) is 14.4. The van der Waals surface area contributed by atoms with Gasteiger partial charge >= 0.3 is 0 Å². The molecule has 8 heteroatoms. The van der Waals surface area contributed by atoms with Gasteiger partial charge in [-0.2, -0.15) is 5.26 Å². The molecular formula is C22H26ClFN4O2. The molecule has 1 aliphatic heterocycles. The lowest BCUT2D eigenvalue weighted by atomic mass is 9.96. The second-order valence-electron chi connectivity index (χ2n) is 7.51. The number of nitrogens with one attached hydrogen (secondary N) is 1. The molecule has 0 bridgehead atoms. The highest BCUT2D eigenvalue weighted by molar-refractivity contribution is 6.30. The zero-order valence-electron chi connectivity index (χ0n) is 17.5. The topological polar surface area (TPSA) is 70.4 Å². The van der Waals surface area contributed by atoms with Crippen LogP contribution in [-0.4, -0.2) is 42.8 Å². The Morgan fingerprint density at radius 1 is 1.37 bits per heavy atom. The molecule has 0 radical (unpaired) electrons. The van der Waals surface area contributed by atoms with Crippen LogP contribution in [0.1, 0.15) is 36.1 Å². The fourth-order valence-corrected chi connectivity index (χ4v) is 3.82. The number of anilines is 1. The minimum absolute atomic E-state index is 0.0818. The first-order valence-electron chi connectivity index (χ1n) is 9.94. The van der Waals surface area contributed by atoms with E-state index < -0.39 is 0 Å². The summed E-state index contributed by atoms with van der Waals surface area (Å²) in [6.45, 7) is 6.77. The van der Waals surface area contributed by atoms with E-state index in [1.165, 1.54) is 6.07 Å². The lowest BCUT2D eigenvalue weighted by Crippen LogP contribution is -2.32. The molecule has 0 saturated heterocycles. The Morgan fingerprint density at radius 2 is 2.17 bits per heavy atom. The summed E-state index contributed by atoms with van der Waals surface area (Å²) in [7, 11) is 1.63. The average molecular weight is 433 g/mol. The van der Waals surface area contributed by atoms with Gasteiger partial charge in [0.2, 0.25) is 0 Å². The fraction of sp³-hybridized carbons (Fsp3) is 0.455. The second kappa shape index (κ2) is 10.1. The van der Waals surface area contributed by atoms with Gasteiger partial charge in [-0.3, -0.25) is 4.90 Å². The van der Waals surface area contributed by atoms with Crippen molar-refractivity contribution in [2.24, 2.45) is 0 Å². The number of rotatable bonds is 8. The van der Waals surface area contributed by atoms with Gasteiger partial charge in [0.25, 0.3) is 0 Å². The summed E-state index contributed by atoms with van der Waals surface area (Å²) in [5.41, 5.74) is 3.19. The van der Waals surface area contributed by atoms with Crippen molar-refractivity contribution in [3.63, 3.8) is 0 Å². The first-order valence-corrected chi connectivity index (χ1v) is 10.3. The van der Waals surface area contributed by atoms with Crippen LogP contribution in [0.25, 0.3) is 0 Å². The van der Waals surface area contributed by atoms with E-state index in [2.05, 4.69) is 21.3 Å². The summed E-state index contributed by atoms with van der Waals surface area (Å²) >= 11 is 6.24. The third kappa shape index (κ3) is 5.20. The third-order valence-electron chi connectivity index (χ3n) is 4.90. The maximum Gasteiger partial charge on any atom is 0.165 e. The van der Waals surface area contributed by atoms with Crippen LogP contribution in [0, 0.1) is 17.1 Å². The molecule has 160 valence electrons. The van der Waals surface area contributed by atoms with Crippen LogP contribution in [0.15, 0.2) is 18.2 Å². The minimum atomic E-state index is -0.360. The van der Waals surface area contributed by atoms with Crippen LogP contribution in [0.4, 0.5) is 10.2 Å². The molecule has 2 aromatic rings. The molecule has 0 atom stereocenters. The number of aromatic nitrogens is 1. The van der Waals surface area contributed by atoms with Gasteiger partial charge in [0, 0.05) is 38.9 Å². The van der Waals surface area contributed by atoms with Gasteiger partial charge in [-0.15, -0.1) is 0 Å². The van der Waals surface area contributed by atoms with E-state index in [1.54, 1.807) is 13.2 Å². The summed E-state index contributed by atoms with van der Waals surface area (Å²) < 4.78 is 24.9. The Labute approximate surface area is 181 Å². The molecule has 6 nitrogen and oxygen atoms in total. The van der Waals surface area contributed by atoms with E-state index in [-0.39, 0.29) is 22.8 Å². The molecule has 1 aromatic heterocycles. The third-order valence-corrected chi connectivity index (χ3v) is 5.18. The standard InChI is InChI=1S/C22H26ClFN4O2/c1-14(2)30-20-5-4-15(10-19(20)24)12-28-8-6-16-17(11-25)21(23)27-22(18(16)13-28)26-7-9-29-3/h4-5,10,14H,6-9,12-13H2,1-3H3,(H,26,27). The molecule has 0 spiro atoms. The van der Waals surface area contributed by atoms with Crippen LogP contribution < -0.4 is 10.1 Å². The maximum absolute atomic E-state index is 14.4. The quantitative estimate of drug-likeness (QED) is 0.499. The molecule has 0 amide bonds. The Kier molecular flexibility index (Phi) is 7.48. The molecule has 0 aliphatic carbocycles. The number of fused-ring (bicyclic) bond motifs is 1. The average Bonchev–Trinajstić information content (AvgIpc) is 2.70. The van der Waals surface area contributed by atoms with Gasteiger partial charge in [0.15, 0.2) is 11.6 Å². The zero-order chi connectivity index (χ0) is 21.7. The summed E-state index contributed by atoms with van der Waals surface area (Å²) in [5.74, 6) is 0.572. The van der Waals surface area contributed by atoms with Crippen LogP contribution in [0.3, 0.4) is 0 Å². The summed E-state index contributed by atoms with van der Waals surface area (Å²) in [5, 5.41) is 13.0. The molecule has 1 N–H and O–H groups in total. The molecular weight excluding hydrogens is 407 g/mol. The largest absolute Gasteiger partial charge is 0.488 e. The number of nitriles is 1. The van der Waals surface area contributed by atoms with Crippen molar-refractivity contribution >= 4 is 17.4 Å². The fourth-order valence-electron chi connectivity index (χ4n) is 3.58. The number of hydrogen-bond acceptors (Lipinski definition) is 6. The van der Waals surface area contributed by atoms with Crippen molar-refractivity contribution < 1.29 is 13.9 Å². The number of ether oxygens (including phenoxy) is 2. The molecule has 1 aromatic carbocycles. The lowest BCUT2D eigenvalue weighted by Gasteiger charge is -2.31. The van der Waals surface area contributed by atoms with Crippen LogP contribution >= 0.6 is 11.6 Å². The minimum Gasteiger partial charge on any atom is -0.488 e. The molecule has 30 heavy (non-hydrogen) atoms. The SMILES string of the molecule is COCCNc1nc(Cl)c(C#N)c2c1CN(Cc1ccc(OC(C)C)c(F)c1)CC2. The predicted octanol–water partition coefficient (Wildman–Crippen LogP) is 4.15. The van der Waals surface area contributed by atoms with Crippen LogP contribution in [-0.2, 0) is 24.2 Å². The summed E-state index contributed by atoms with van der Waals surface area (Å²) in [6.07, 6.45) is 0.595. The molecule has 0 fully saturated rings. The van der Waals surface area contributed by atoms with E-state index in [9.17, 15) is 9.65 Å². The Hall–Kier alpha value is -2.40. The Bertz CT molecular complexity index is 946. The van der Waals surface area contributed by atoms with E-state index in [4.69, 9.17) is 21.1 Å². The van der Waals surface area contributed by atoms with Crippen LogP contribution in [0.2, 0.25) is 5.15 Å². The first kappa shape index (κ1) is 22.3. The molecule has 0 saturated carbocycles. The van der Waals surface area contributed by atoms with Gasteiger partial charge in [0.1, 0.15) is 17.0 Å². The lowest BCUT2D eigenvalue weighted by molar-refractivity contribution is 0.210. The van der Waals surface area contributed by atoms with Gasteiger partial charge in [-0.1, -0.05) is 17.7 Å². The van der Waals surface area contributed by atoms with Crippen LogP contribution in [0.5, 0.6) is 5.75 Å². The van der Waals surface area contributed by atoms with Gasteiger partial charge in [0.05, 0.1) is 18.3 Å². The molecule has 0 unspecified atom stereocenters. The van der Waals surface area contributed by atoms with Crippen molar-refractivity contribution in [3.05, 3.63) is 51.4 Å². The highest BCUT2D eigenvalue weighted by atomic mass is 35.5.